The van der Waals surface area contributed by atoms with E-state index in [1.165, 1.54) is 11.3 Å². The van der Waals surface area contributed by atoms with Crippen LogP contribution in [0.25, 0.3) is 10.3 Å². The second-order valence-corrected chi connectivity index (χ2v) is 7.48. The fourth-order valence-electron chi connectivity index (χ4n) is 3.12. The number of H-pyrrole nitrogens is 1. The molecule has 0 amide bonds. The van der Waals surface area contributed by atoms with E-state index in [1.807, 2.05) is 0 Å². The lowest BCUT2D eigenvalue weighted by atomic mass is 9.84. The summed E-state index contributed by atoms with van der Waals surface area (Å²) in [7, 11) is 0. The number of allylic oxidation sites excluding steroid dienone is 1. The monoisotopic (exact) mass is 411 g/mol. The first-order valence-electron chi connectivity index (χ1n) is 8.28. The van der Waals surface area contributed by atoms with E-state index in [4.69, 9.17) is 22.1 Å². The van der Waals surface area contributed by atoms with Gasteiger partial charge in [0.15, 0.2) is 16.5 Å². The minimum Gasteiger partial charge on any atom is -0.438 e. The zero-order valence-electron chi connectivity index (χ0n) is 14.5. The highest BCUT2D eigenvalue weighted by Crippen LogP contribution is 2.45. The van der Waals surface area contributed by atoms with Gasteiger partial charge in [0.2, 0.25) is 5.88 Å². The van der Waals surface area contributed by atoms with Crippen LogP contribution in [0.1, 0.15) is 17.0 Å². The van der Waals surface area contributed by atoms with E-state index in [0.29, 0.717) is 43.9 Å². The molecule has 0 fully saturated rings. The number of fused-ring (bicyclic) bond motifs is 3. The number of halogens is 1. The standard InChI is InChI=1S/C19H14ClN5O2S/c1-2-7-23-19-25-17-15(28-19)14-13(18(26)24-17)12(11(8-21)16(22)27-14)9-3-5-10(20)6-4-9/h2-6,12H,1,7,22H2,(H2,23,24,25,26). The van der Waals surface area contributed by atoms with Crippen LogP contribution in [0.2, 0.25) is 5.02 Å². The number of thiazole rings is 1. The molecule has 0 saturated heterocycles. The molecule has 1 aliphatic heterocycles. The Balaban J connectivity index is 1.97. The van der Waals surface area contributed by atoms with Crippen molar-refractivity contribution < 1.29 is 4.74 Å². The van der Waals surface area contributed by atoms with Gasteiger partial charge in [-0.05, 0) is 17.7 Å². The van der Waals surface area contributed by atoms with Crippen molar-refractivity contribution in [2.45, 2.75) is 5.92 Å². The fraction of sp³-hybridized carbons (Fsp3) is 0.105. The number of benzene rings is 1. The van der Waals surface area contributed by atoms with Crippen molar-refractivity contribution in [1.29, 1.82) is 5.26 Å². The summed E-state index contributed by atoms with van der Waals surface area (Å²) in [6.07, 6.45) is 1.71. The molecule has 4 rings (SSSR count). The second-order valence-electron chi connectivity index (χ2n) is 6.04. The molecular formula is C19H14ClN5O2S. The number of rotatable bonds is 4. The van der Waals surface area contributed by atoms with Crippen molar-refractivity contribution in [3.63, 3.8) is 0 Å². The Morgan fingerprint density at radius 3 is 2.89 bits per heavy atom. The van der Waals surface area contributed by atoms with Gasteiger partial charge >= 0.3 is 0 Å². The Kier molecular flexibility index (Phi) is 4.55. The smallest absolute Gasteiger partial charge is 0.257 e. The highest BCUT2D eigenvalue weighted by molar-refractivity contribution is 7.22. The van der Waals surface area contributed by atoms with Gasteiger partial charge < -0.3 is 20.8 Å². The van der Waals surface area contributed by atoms with Crippen LogP contribution in [0.15, 0.2) is 53.2 Å². The van der Waals surface area contributed by atoms with Crippen LogP contribution in [0.5, 0.6) is 5.75 Å². The highest BCUT2D eigenvalue weighted by atomic mass is 35.5. The SMILES string of the molecule is C=CCNc1nc2[nH]c(=O)c3c(c2s1)OC(N)=C(C#N)C3c1ccc(Cl)cc1. The zero-order valence-corrected chi connectivity index (χ0v) is 16.0. The maximum absolute atomic E-state index is 12.9. The van der Waals surface area contributed by atoms with Crippen LogP contribution < -0.4 is 21.3 Å². The van der Waals surface area contributed by atoms with Gasteiger partial charge in [0.25, 0.3) is 5.56 Å². The third-order valence-electron chi connectivity index (χ3n) is 4.33. The van der Waals surface area contributed by atoms with E-state index in [1.54, 1.807) is 30.3 Å². The molecule has 1 unspecified atom stereocenters. The molecule has 1 aromatic carbocycles. The lowest BCUT2D eigenvalue weighted by Gasteiger charge is -2.25. The number of ether oxygens (including phenoxy) is 1. The van der Waals surface area contributed by atoms with Gasteiger partial charge in [-0.3, -0.25) is 4.79 Å². The van der Waals surface area contributed by atoms with Crippen molar-refractivity contribution >= 4 is 38.4 Å². The van der Waals surface area contributed by atoms with Crippen molar-refractivity contribution in [3.05, 3.63) is 74.9 Å². The fourth-order valence-corrected chi connectivity index (χ4v) is 4.17. The van der Waals surface area contributed by atoms with Gasteiger partial charge in [-0.1, -0.05) is 41.1 Å². The third-order valence-corrected chi connectivity index (χ3v) is 5.59. The third kappa shape index (κ3) is 2.91. The molecule has 7 nitrogen and oxygen atoms in total. The summed E-state index contributed by atoms with van der Waals surface area (Å²) in [4.78, 5) is 20.1. The number of nitrogens with one attached hydrogen (secondary N) is 2. The molecule has 1 aliphatic rings. The molecule has 140 valence electrons. The first-order chi connectivity index (χ1) is 13.5. The number of hydrogen-bond donors (Lipinski definition) is 3. The number of nitrogens with zero attached hydrogens (tertiary/aromatic N) is 2. The number of hydrogen-bond acceptors (Lipinski definition) is 7. The number of nitriles is 1. The topological polar surface area (TPSA) is 117 Å². The molecule has 3 heterocycles. The largest absolute Gasteiger partial charge is 0.438 e. The van der Waals surface area contributed by atoms with Crippen molar-refractivity contribution in [3.8, 4) is 11.8 Å². The summed E-state index contributed by atoms with van der Waals surface area (Å²) in [5.41, 5.74) is 7.26. The normalized spacial score (nSPS) is 15.6. The summed E-state index contributed by atoms with van der Waals surface area (Å²) in [5, 5.41) is 13.9. The Hall–Kier alpha value is -3.28. The predicted octanol–water partition coefficient (Wildman–Crippen LogP) is 3.45. The number of aromatic amines is 1. The van der Waals surface area contributed by atoms with Gasteiger partial charge in [0, 0.05) is 11.6 Å². The van der Waals surface area contributed by atoms with Gasteiger partial charge in [0.1, 0.15) is 16.3 Å². The first-order valence-corrected chi connectivity index (χ1v) is 9.47. The molecule has 2 aromatic heterocycles. The number of nitrogens with two attached hydrogens (primary N) is 1. The summed E-state index contributed by atoms with van der Waals surface area (Å²) >= 11 is 7.31. The van der Waals surface area contributed by atoms with Gasteiger partial charge in [-0.25, -0.2) is 4.98 Å². The molecule has 28 heavy (non-hydrogen) atoms. The number of aromatic nitrogens is 2. The molecule has 0 bridgehead atoms. The first kappa shape index (κ1) is 18.1. The van der Waals surface area contributed by atoms with E-state index < -0.39 is 5.92 Å². The molecule has 3 aromatic rings. The molecule has 9 heteroatoms. The predicted molar refractivity (Wildman–Crippen MR) is 110 cm³/mol. The summed E-state index contributed by atoms with van der Waals surface area (Å²) in [5.74, 6) is -0.374. The van der Waals surface area contributed by atoms with Crippen LogP contribution in [0.4, 0.5) is 5.13 Å². The second kappa shape index (κ2) is 7.03. The summed E-state index contributed by atoms with van der Waals surface area (Å²) in [6.45, 7) is 4.19. The average Bonchev–Trinajstić information content (AvgIpc) is 3.09. The molecule has 0 radical (unpaired) electrons. The lowest BCUT2D eigenvalue weighted by molar-refractivity contribution is 0.397. The average molecular weight is 412 g/mol. The van der Waals surface area contributed by atoms with Gasteiger partial charge in [-0.2, -0.15) is 5.26 Å². The molecule has 0 saturated carbocycles. The van der Waals surface area contributed by atoms with Crippen LogP contribution in [-0.2, 0) is 0 Å². The maximum atomic E-state index is 12.9. The maximum Gasteiger partial charge on any atom is 0.257 e. The summed E-state index contributed by atoms with van der Waals surface area (Å²) in [6, 6.07) is 9.01. The van der Waals surface area contributed by atoms with E-state index in [2.05, 4.69) is 27.9 Å². The highest BCUT2D eigenvalue weighted by Gasteiger charge is 2.35. The molecule has 4 N–H and O–H groups in total. The number of pyridine rings is 1. The van der Waals surface area contributed by atoms with E-state index >= 15 is 0 Å². The lowest BCUT2D eigenvalue weighted by Crippen LogP contribution is -2.27. The number of anilines is 1. The summed E-state index contributed by atoms with van der Waals surface area (Å²) < 4.78 is 6.37. The van der Waals surface area contributed by atoms with E-state index in [-0.39, 0.29) is 17.0 Å². The van der Waals surface area contributed by atoms with Crippen LogP contribution in [-0.4, -0.2) is 16.5 Å². The van der Waals surface area contributed by atoms with Crippen LogP contribution in [0.3, 0.4) is 0 Å². The molecule has 0 aliphatic carbocycles. The molecular weight excluding hydrogens is 398 g/mol. The quantitative estimate of drug-likeness (QED) is 0.566. The van der Waals surface area contributed by atoms with Crippen molar-refractivity contribution in [1.82, 2.24) is 9.97 Å². The minimum atomic E-state index is -0.661. The Labute approximate surface area is 168 Å². The molecule has 0 spiro atoms. The Morgan fingerprint density at radius 2 is 2.21 bits per heavy atom. The Morgan fingerprint density at radius 1 is 1.46 bits per heavy atom. The molecule has 1 atom stereocenters. The minimum absolute atomic E-state index is 0.0316. The van der Waals surface area contributed by atoms with E-state index in [0.717, 1.165) is 0 Å². The van der Waals surface area contributed by atoms with Crippen LogP contribution in [0, 0.1) is 11.3 Å². The van der Waals surface area contributed by atoms with Gasteiger partial charge in [-0.15, -0.1) is 6.58 Å². The van der Waals surface area contributed by atoms with Gasteiger partial charge in [0.05, 0.1) is 11.5 Å². The zero-order chi connectivity index (χ0) is 19.8. The van der Waals surface area contributed by atoms with Crippen LogP contribution >= 0.6 is 22.9 Å². The van der Waals surface area contributed by atoms with Crippen molar-refractivity contribution in [2.24, 2.45) is 5.73 Å². The van der Waals surface area contributed by atoms with Crippen molar-refractivity contribution in [2.75, 3.05) is 11.9 Å². The van der Waals surface area contributed by atoms with E-state index in [9.17, 15) is 10.1 Å². The Bertz CT molecular complexity index is 1220.